The van der Waals surface area contributed by atoms with Gasteiger partial charge in [0, 0.05) is 44.2 Å². The molecule has 1 unspecified atom stereocenters. The molecule has 0 spiro atoms. The second-order valence-corrected chi connectivity index (χ2v) is 9.02. The van der Waals surface area contributed by atoms with Crippen molar-refractivity contribution in [2.24, 2.45) is 0 Å². The van der Waals surface area contributed by atoms with Crippen molar-refractivity contribution < 1.29 is 14.4 Å². The number of hydrogen-bond donors (Lipinski definition) is 1. The third kappa shape index (κ3) is 6.15. The minimum atomic E-state index is -0.224. The number of anilines is 1. The molecular weight excluding hydrogens is 438 g/mol. The summed E-state index contributed by atoms with van der Waals surface area (Å²) in [5, 5.41) is 2.82. The number of rotatable bonds is 8. The Hall–Kier alpha value is -3.93. The largest absolute Gasteiger partial charge is 0.338 e. The maximum Gasteiger partial charge on any atom is 0.254 e. The molecule has 3 aromatic rings. The van der Waals surface area contributed by atoms with Crippen LogP contribution in [0.5, 0.6) is 0 Å². The fourth-order valence-electron chi connectivity index (χ4n) is 4.43. The Morgan fingerprint density at radius 2 is 1.71 bits per heavy atom. The van der Waals surface area contributed by atoms with E-state index in [1.165, 1.54) is 6.92 Å². The van der Waals surface area contributed by atoms with Crippen LogP contribution >= 0.6 is 0 Å². The van der Waals surface area contributed by atoms with Gasteiger partial charge in [0.15, 0.2) is 0 Å². The second-order valence-electron chi connectivity index (χ2n) is 9.02. The fraction of sp³-hybridized carbons (Fsp3) is 0.276. The van der Waals surface area contributed by atoms with Gasteiger partial charge in [0.1, 0.15) is 0 Å². The summed E-state index contributed by atoms with van der Waals surface area (Å²) in [5.74, 6) is -0.0210. The van der Waals surface area contributed by atoms with Crippen LogP contribution in [-0.4, -0.2) is 34.1 Å². The Morgan fingerprint density at radius 3 is 2.37 bits per heavy atom. The predicted molar refractivity (Wildman–Crippen MR) is 137 cm³/mol. The van der Waals surface area contributed by atoms with Crippen molar-refractivity contribution in [1.82, 2.24) is 9.80 Å². The third-order valence-electron chi connectivity index (χ3n) is 6.36. The van der Waals surface area contributed by atoms with Crippen molar-refractivity contribution in [1.29, 1.82) is 0 Å². The van der Waals surface area contributed by atoms with E-state index in [9.17, 15) is 14.4 Å². The molecule has 1 aliphatic heterocycles. The molecule has 3 aromatic carbocycles. The SMILES string of the molecule is CC(=O)Nc1cccc(C(C)N(Cc2ccccc2)C(=O)c2ccc(CN3CCCC3=O)cc2)c1. The number of benzene rings is 3. The maximum absolute atomic E-state index is 13.7. The van der Waals surface area contributed by atoms with Gasteiger partial charge >= 0.3 is 0 Å². The Balaban J connectivity index is 1.58. The van der Waals surface area contributed by atoms with Crippen LogP contribution in [-0.2, 0) is 22.7 Å². The average molecular weight is 470 g/mol. The summed E-state index contributed by atoms with van der Waals surface area (Å²) in [4.78, 5) is 40.9. The van der Waals surface area contributed by atoms with Crippen LogP contribution in [0.4, 0.5) is 5.69 Å². The molecule has 1 fully saturated rings. The molecule has 6 nitrogen and oxygen atoms in total. The van der Waals surface area contributed by atoms with E-state index in [4.69, 9.17) is 0 Å². The second kappa shape index (κ2) is 11.0. The number of hydrogen-bond acceptors (Lipinski definition) is 3. The van der Waals surface area contributed by atoms with E-state index in [-0.39, 0.29) is 23.8 Å². The van der Waals surface area contributed by atoms with Crippen LogP contribution in [0.15, 0.2) is 78.9 Å². The highest BCUT2D eigenvalue weighted by Gasteiger charge is 2.24. The molecule has 1 atom stereocenters. The lowest BCUT2D eigenvalue weighted by Gasteiger charge is -2.30. The number of amides is 3. The monoisotopic (exact) mass is 469 g/mol. The first-order valence-corrected chi connectivity index (χ1v) is 12.0. The van der Waals surface area contributed by atoms with Gasteiger partial charge in [-0.25, -0.2) is 0 Å². The minimum absolute atomic E-state index is 0.0740. The van der Waals surface area contributed by atoms with Crippen molar-refractivity contribution >= 4 is 23.4 Å². The summed E-state index contributed by atoms with van der Waals surface area (Å²) in [7, 11) is 0. The number of carbonyl (C=O) groups excluding carboxylic acids is 3. The van der Waals surface area contributed by atoms with Crippen LogP contribution in [0.2, 0.25) is 0 Å². The smallest absolute Gasteiger partial charge is 0.254 e. The third-order valence-corrected chi connectivity index (χ3v) is 6.36. The van der Waals surface area contributed by atoms with E-state index >= 15 is 0 Å². The van der Waals surface area contributed by atoms with Crippen molar-refractivity contribution in [2.45, 2.75) is 45.8 Å². The Labute approximate surface area is 206 Å². The van der Waals surface area contributed by atoms with Crippen LogP contribution in [0.25, 0.3) is 0 Å². The van der Waals surface area contributed by atoms with E-state index in [1.54, 1.807) is 0 Å². The highest BCUT2D eigenvalue weighted by atomic mass is 16.2. The Morgan fingerprint density at radius 1 is 0.971 bits per heavy atom. The lowest BCUT2D eigenvalue weighted by molar-refractivity contribution is -0.128. The van der Waals surface area contributed by atoms with Crippen LogP contribution < -0.4 is 5.32 Å². The molecule has 180 valence electrons. The first-order chi connectivity index (χ1) is 16.9. The zero-order valence-electron chi connectivity index (χ0n) is 20.2. The zero-order valence-corrected chi connectivity index (χ0v) is 20.2. The van der Waals surface area contributed by atoms with Crippen LogP contribution in [0.3, 0.4) is 0 Å². The lowest BCUT2D eigenvalue weighted by atomic mass is 10.0. The van der Waals surface area contributed by atoms with Crippen LogP contribution in [0, 0.1) is 0 Å². The summed E-state index contributed by atoms with van der Waals surface area (Å²) in [6.45, 7) is 5.30. The van der Waals surface area contributed by atoms with Gasteiger partial charge in [0.2, 0.25) is 11.8 Å². The fourth-order valence-corrected chi connectivity index (χ4v) is 4.43. The zero-order chi connectivity index (χ0) is 24.8. The molecule has 0 saturated carbocycles. The van der Waals surface area contributed by atoms with Crippen molar-refractivity contribution in [3.05, 3.63) is 101 Å². The molecule has 1 saturated heterocycles. The first kappa shape index (κ1) is 24.2. The highest BCUT2D eigenvalue weighted by Crippen LogP contribution is 2.27. The summed E-state index contributed by atoms with van der Waals surface area (Å²) >= 11 is 0. The van der Waals surface area contributed by atoms with Gasteiger partial charge in [0.25, 0.3) is 5.91 Å². The Bertz CT molecular complexity index is 1190. The predicted octanol–water partition coefficient (Wildman–Crippen LogP) is 5.17. The maximum atomic E-state index is 13.7. The summed E-state index contributed by atoms with van der Waals surface area (Å²) in [6, 6.07) is 24.8. The number of nitrogens with one attached hydrogen (secondary N) is 1. The van der Waals surface area contributed by atoms with E-state index in [0.29, 0.717) is 30.8 Å². The molecule has 1 N–H and O–H groups in total. The van der Waals surface area contributed by atoms with Gasteiger partial charge in [-0.3, -0.25) is 14.4 Å². The van der Waals surface area contributed by atoms with Gasteiger partial charge in [-0.15, -0.1) is 0 Å². The number of likely N-dealkylation sites (tertiary alicyclic amines) is 1. The van der Waals surface area contributed by atoms with Crippen molar-refractivity contribution in [2.75, 3.05) is 11.9 Å². The van der Waals surface area contributed by atoms with E-state index in [1.807, 2.05) is 95.6 Å². The average Bonchev–Trinajstić information content (AvgIpc) is 3.26. The molecule has 0 aliphatic carbocycles. The highest BCUT2D eigenvalue weighted by molar-refractivity contribution is 5.94. The summed E-state index contributed by atoms with van der Waals surface area (Å²) in [6.07, 6.45) is 1.52. The minimum Gasteiger partial charge on any atom is -0.338 e. The van der Waals surface area contributed by atoms with Gasteiger partial charge in [-0.2, -0.15) is 0 Å². The normalized spacial score (nSPS) is 14.0. The number of carbonyl (C=O) groups is 3. The summed E-state index contributed by atoms with van der Waals surface area (Å²) < 4.78 is 0. The lowest BCUT2D eigenvalue weighted by Crippen LogP contribution is -2.33. The molecular formula is C29H31N3O3. The molecule has 0 radical (unpaired) electrons. The van der Waals surface area contributed by atoms with E-state index in [0.717, 1.165) is 29.7 Å². The molecule has 1 heterocycles. The van der Waals surface area contributed by atoms with Gasteiger partial charge in [-0.1, -0.05) is 54.6 Å². The Kier molecular flexibility index (Phi) is 7.60. The standard InChI is InChI=1S/C29H31N3O3/c1-21(26-10-6-11-27(18-26)30-22(2)33)32(20-23-8-4-3-5-9-23)29(35)25-15-13-24(14-16-25)19-31-17-7-12-28(31)34/h3-6,8-11,13-16,18,21H,7,12,17,19-20H2,1-2H3,(H,30,33). The van der Waals surface area contributed by atoms with Gasteiger partial charge < -0.3 is 15.1 Å². The van der Waals surface area contributed by atoms with E-state index in [2.05, 4.69) is 5.32 Å². The molecule has 3 amide bonds. The molecule has 0 aromatic heterocycles. The molecule has 35 heavy (non-hydrogen) atoms. The van der Waals surface area contributed by atoms with Gasteiger partial charge in [0.05, 0.1) is 6.04 Å². The molecule has 4 rings (SSSR count). The van der Waals surface area contributed by atoms with Crippen LogP contribution in [0.1, 0.15) is 59.8 Å². The molecule has 1 aliphatic rings. The number of nitrogens with zero attached hydrogens (tertiary/aromatic N) is 2. The van der Waals surface area contributed by atoms with Crippen molar-refractivity contribution in [3.63, 3.8) is 0 Å². The first-order valence-electron chi connectivity index (χ1n) is 12.0. The molecule has 0 bridgehead atoms. The molecule has 6 heteroatoms. The van der Waals surface area contributed by atoms with Gasteiger partial charge in [-0.05, 0) is 54.3 Å². The van der Waals surface area contributed by atoms with E-state index < -0.39 is 0 Å². The topological polar surface area (TPSA) is 69.7 Å². The summed E-state index contributed by atoms with van der Waals surface area (Å²) in [5.41, 5.74) is 4.29. The quantitative estimate of drug-likeness (QED) is 0.495. The van der Waals surface area contributed by atoms with Crippen molar-refractivity contribution in [3.8, 4) is 0 Å².